The van der Waals surface area contributed by atoms with E-state index in [0.29, 0.717) is 5.56 Å². The molecule has 5 aromatic rings. The third-order valence-corrected chi connectivity index (χ3v) is 7.34. The van der Waals surface area contributed by atoms with E-state index in [1.165, 1.54) is 24.3 Å². The molecule has 0 radical (unpaired) electrons. The van der Waals surface area contributed by atoms with Crippen LogP contribution in [0.25, 0.3) is 12.2 Å². The van der Waals surface area contributed by atoms with Gasteiger partial charge in [-0.3, -0.25) is 14.4 Å². The number of carbonyl (C=O) groups is 3. The largest absolute Gasteiger partial charge is 0.508 e. The third-order valence-electron chi connectivity index (χ3n) is 7.34. The van der Waals surface area contributed by atoms with Gasteiger partial charge in [-0.05, 0) is 56.7 Å². The minimum absolute atomic E-state index is 0.0492. The summed E-state index contributed by atoms with van der Waals surface area (Å²) in [5.74, 6) is -3.41. The summed E-state index contributed by atoms with van der Waals surface area (Å²) in [6.45, 7) is 5.43. The van der Waals surface area contributed by atoms with Crippen molar-refractivity contribution in [1.82, 2.24) is 0 Å². The van der Waals surface area contributed by atoms with Gasteiger partial charge in [0.2, 0.25) is 5.78 Å². The number of aryl methyl sites for hydroxylation is 3. The summed E-state index contributed by atoms with van der Waals surface area (Å²) in [5, 5.41) is 33.2. The standard InChI is InChI=1S/C38H30O6/c1-22-7-4-10-26(19-22)34(40)31-30(18-15-25-13-16-29(39)17-14-25)32(35(41)27-11-5-8-23(2)20-27)38(44)33(37(31)43)36(42)28-12-6-9-24(3)21-28/h4-21,39,43-44H,1-3H3. The van der Waals surface area contributed by atoms with E-state index in [1.54, 1.807) is 79.7 Å². The molecule has 44 heavy (non-hydrogen) atoms. The highest BCUT2D eigenvalue weighted by Crippen LogP contribution is 2.42. The Kier molecular flexibility index (Phi) is 8.27. The summed E-state index contributed by atoms with van der Waals surface area (Å²) in [6, 6.07) is 26.3. The lowest BCUT2D eigenvalue weighted by molar-refractivity contribution is 0.103. The van der Waals surface area contributed by atoms with Crippen LogP contribution in [-0.2, 0) is 0 Å². The molecule has 3 N–H and O–H groups in total. The fraction of sp³-hybridized carbons (Fsp3) is 0.0789. The first-order valence-corrected chi connectivity index (χ1v) is 14.0. The topological polar surface area (TPSA) is 112 Å². The van der Waals surface area contributed by atoms with Gasteiger partial charge in [0.25, 0.3) is 0 Å². The van der Waals surface area contributed by atoms with Crippen molar-refractivity contribution < 1.29 is 29.7 Å². The smallest absolute Gasteiger partial charge is 0.200 e. The van der Waals surface area contributed by atoms with E-state index in [0.717, 1.165) is 16.7 Å². The van der Waals surface area contributed by atoms with E-state index in [4.69, 9.17) is 0 Å². The maximum absolute atomic E-state index is 14.2. The first kappa shape index (κ1) is 29.7. The van der Waals surface area contributed by atoms with Gasteiger partial charge in [0.1, 0.15) is 22.8 Å². The molecular formula is C38H30O6. The molecule has 5 aromatic carbocycles. The third kappa shape index (κ3) is 5.92. The lowest BCUT2D eigenvalue weighted by Crippen LogP contribution is -2.15. The maximum Gasteiger partial charge on any atom is 0.200 e. The minimum Gasteiger partial charge on any atom is -0.508 e. The van der Waals surface area contributed by atoms with Crippen LogP contribution in [0.2, 0.25) is 0 Å². The van der Waals surface area contributed by atoms with E-state index in [1.807, 2.05) is 26.0 Å². The molecule has 0 aliphatic carbocycles. The van der Waals surface area contributed by atoms with Gasteiger partial charge in [-0.15, -0.1) is 0 Å². The van der Waals surface area contributed by atoms with Crippen LogP contribution in [0.5, 0.6) is 17.2 Å². The Morgan fingerprint density at radius 1 is 0.500 bits per heavy atom. The molecule has 0 unspecified atom stereocenters. The summed E-state index contributed by atoms with van der Waals surface area (Å²) in [5.41, 5.74) is 2.43. The monoisotopic (exact) mass is 582 g/mol. The number of phenolic OH excluding ortho intramolecular Hbond substituents is 3. The van der Waals surface area contributed by atoms with Gasteiger partial charge in [-0.25, -0.2) is 0 Å². The van der Waals surface area contributed by atoms with Crippen molar-refractivity contribution in [1.29, 1.82) is 0 Å². The predicted molar refractivity (Wildman–Crippen MR) is 171 cm³/mol. The van der Waals surface area contributed by atoms with Crippen molar-refractivity contribution in [2.45, 2.75) is 20.8 Å². The van der Waals surface area contributed by atoms with Crippen molar-refractivity contribution in [3.8, 4) is 17.2 Å². The molecule has 6 heteroatoms. The molecule has 6 nitrogen and oxygen atoms in total. The molecule has 0 aliphatic heterocycles. The summed E-state index contributed by atoms with van der Waals surface area (Å²) >= 11 is 0. The Bertz CT molecular complexity index is 1880. The van der Waals surface area contributed by atoms with Crippen LogP contribution in [0.4, 0.5) is 0 Å². The molecule has 0 heterocycles. The van der Waals surface area contributed by atoms with Gasteiger partial charge in [-0.1, -0.05) is 95.6 Å². The van der Waals surface area contributed by atoms with Crippen LogP contribution in [0.15, 0.2) is 97.1 Å². The predicted octanol–water partition coefficient (Wildman–Crippen LogP) is 7.59. The quantitative estimate of drug-likeness (QED) is 0.128. The fourth-order valence-corrected chi connectivity index (χ4v) is 5.14. The van der Waals surface area contributed by atoms with E-state index in [9.17, 15) is 29.7 Å². The molecule has 0 aromatic heterocycles. The van der Waals surface area contributed by atoms with Gasteiger partial charge < -0.3 is 15.3 Å². The molecular weight excluding hydrogens is 552 g/mol. The van der Waals surface area contributed by atoms with Crippen LogP contribution in [-0.4, -0.2) is 32.7 Å². The molecule has 0 fully saturated rings. The zero-order valence-electron chi connectivity index (χ0n) is 24.5. The van der Waals surface area contributed by atoms with E-state index < -0.39 is 34.4 Å². The molecule has 0 spiro atoms. The van der Waals surface area contributed by atoms with Gasteiger partial charge in [-0.2, -0.15) is 0 Å². The Hall–Kier alpha value is -5.75. The fourth-order valence-electron chi connectivity index (χ4n) is 5.14. The van der Waals surface area contributed by atoms with Gasteiger partial charge >= 0.3 is 0 Å². The van der Waals surface area contributed by atoms with Gasteiger partial charge in [0, 0.05) is 22.3 Å². The second kappa shape index (κ2) is 12.2. The highest BCUT2D eigenvalue weighted by atomic mass is 16.3. The van der Waals surface area contributed by atoms with Crippen molar-refractivity contribution in [2.24, 2.45) is 0 Å². The zero-order valence-corrected chi connectivity index (χ0v) is 24.5. The number of ketones is 3. The molecule has 0 saturated carbocycles. The van der Waals surface area contributed by atoms with Crippen LogP contribution >= 0.6 is 0 Å². The lowest BCUT2D eigenvalue weighted by Gasteiger charge is -2.19. The van der Waals surface area contributed by atoms with Crippen LogP contribution in [0, 0.1) is 20.8 Å². The minimum atomic E-state index is -0.741. The number of carbonyl (C=O) groups excluding carboxylic acids is 3. The number of rotatable bonds is 8. The number of aromatic hydroxyl groups is 3. The lowest BCUT2D eigenvalue weighted by atomic mass is 9.84. The van der Waals surface area contributed by atoms with Crippen LogP contribution in [0.1, 0.15) is 75.6 Å². The van der Waals surface area contributed by atoms with E-state index >= 15 is 0 Å². The average molecular weight is 583 g/mol. The number of hydrogen-bond donors (Lipinski definition) is 3. The highest BCUT2D eigenvalue weighted by molar-refractivity contribution is 6.24. The Balaban J connectivity index is 1.87. The normalized spacial score (nSPS) is 11.1. The summed E-state index contributed by atoms with van der Waals surface area (Å²) in [6.07, 6.45) is 3.05. The van der Waals surface area contributed by atoms with Crippen LogP contribution in [0.3, 0.4) is 0 Å². The first-order chi connectivity index (χ1) is 21.0. The molecule has 218 valence electrons. The van der Waals surface area contributed by atoms with Gasteiger partial charge in [0.15, 0.2) is 11.6 Å². The highest BCUT2D eigenvalue weighted by Gasteiger charge is 2.33. The molecule has 0 atom stereocenters. The van der Waals surface area contributed by atoms with Crippen molar-refractivity contribution in [3.63, 3.8) is 0 Å². The van der Waals surface area contributed by atoms with Crippen molar-refractivity contribution in [3.05, 3.63) is 158 Å². The number of benzene rings is 5. The molecule has 0 saturated heterocycles. The first-order valence-electron chi connectivity index (χ1n) is 14.0. The zero-order chi connectivity index (χ0) is 31.5. The molecule has 0 bridgehead atoms. The van der Waals surface area contributed by atoms with E-state index in [-0.39, 0.29) is 39.1 Å². The van der Waals surface area contributed by atoms with Crippen molar-refractivity contribution in [2.75, 3.05) is 0 Å². The SMILES string of the molecule is Cc1cccc(C(=O)c2c(O)c(C(=O)c3cccc(C)c3)c(C=Cc3ccc(O)cc3)c(C(=O)c3cccc(C)c3)c2O)c1. The summed E-state index contributed by atoms with van der Waals surface area (Å²) < 4.78 is 0. The summed E-state index contributed by atoms with van der Waals surface area (Å²) in [7, 11) is 0. The Morgan fingerprint density at radius 3 is 1.27 bits per heavy atom. The van der Waals surface area contributed by atoms with Crippen LogP contribution < -0.4 is 0 Å². The summed E-state index contributed by atoms with van der Waals surface area (Å²) in [4.78, 5) is 42.3. The molecule has 0 aliphatic rings. The van der Waals surface area contributed by atoms with Crippen molar-refractivity contribution >= 4 is 29.5 Å². The Labute approximate surface area is 255 Å². The molecule has 0 amide bonds. The number of hydrogen-bond acceptors (Lipinski definition) is 6. The van der Waals surface area contributed by atoms with Gasteiger partial charge in [0.05, 0.1) is 11.1 Å². The second-order valence-electron chi connectivity index (χ2n) is 10.8. The molecule has 5 rings (SSSR count). The maximum atomic E-state index is 14.2. The number of phenols is 3. The Morgan fingerprint density at radius 2 is 0.886 bits per heavy atom. The van der Waals surface area contributed by atoms with E-state index in [2.05, 4.69) is 0 Å². The average Bonchev–Trinajstić information content (AvgIpc) is 3.00. The second-order valence-corrected chi connectivity index (χ2v) is 10.8.